The number of hydrogen-bond acceptors (Lipinski definition) is 5. The summed E-state index contributed by atoms with van der Waals surface area (Å²) < 4.78 is 8.39. The number of aryl methyl sites for hydroxylation is 2. The zero-order valence-electron chi connectivity index (χ0n) is 15.3. The molecule has 0 bridgehead atoms. The summed E-state index contributed by atoms with van der Waals surface area (Å²) in [6.45, 7) is 5.82. The summed E-state index contributed by atoms with van der Waals surface area (Å²) in [4.78, 5) is 19.8. The molecule has 3 heterocycles. The van der Waals surface area contributed by atoms with Crippen molar-refractivity contribution in [1.82, 2.24) is 14.8 Å². The number of amides is 1. The van der Waals surface area contributed by atoms with Crippen molar-refractivity contribution in [3.63, 3.8) is 0 Å². The lowest BCUT2D eigenvalue weighted by atomic mass is 10.2. The second-order valence-corrected chi connectivity index (χ2v) is 8.01. The molecule has 6 nitrogen and oxygen atoms in total. The van der Waals surface area contributed by atoms with E-state index in [-0.39, 0.29) is 12.0 Å². The van der Waals surface area contributed by atoms with Crippen molar-refractivity contribution < 1.29 is 9.53 Å². The summed E-state index contributed by atoms with van der Waals surface area (Å²) in [7, 11) is 0. The van der Waals surface area contributed by atoms with Crippen LogP contribution in [0.2, 0.25) is 5.02 Å². The monoisotopic (exact) mass is 404 g/mol. The lowest BCUT2D eigenvalue weighted by molar-refractivity contribution is 0.0908. The van der Waals surface area contributed by atoms with Crippen molar-refractivity contribution in [2.45, 2.75) is 39.3 Å². The number of thiazole rings is 1. The Kier molecular flexibility index (Phi) is 5.16. The van der Waals surface area contributed by atoms with Crippen LogP contribution in [0.1, 0.15) is 35.8 Å². The maximum Gasteiger partial charge on any atom is 0.278 e. The SMILES string of the molecule is CCn1nccc1C(=O)N(CC1CCCO1)c1nc2c(C)ccc(Cl)c2s1. The molecule has 0 saturated carbocycles. The lowest BCUT2D eigenvalue weighted by Gasteiger charge is -2.23. The van der Waals surface area contributed by atoms with Gasteiger partial charge in [-0.3, -0.25) is 14.4 Å². The zero-order chi connectivity index (χ0) is 19.0. The second kappa shape index (κ2) is 7.58. The number of halogens is 1. The van der Waals surface area contributed by atoms with E-state index in [0.717, 1.165) is 35.2 Å². The summed E-state index contributed by atoms with van der Waals surface area (Å²) in [5.41, 5.74) is 2.44. The standard InChI is InChI=1S/C19H21ClN4O2S/c1-3-24-15(8-9-21-24)18(25)23(11-13-5-4-10-26-13)19-22-16-12(2)6-7-14(20)17(16)27-19/h6-9,13H,3-5,10-11H2,1-2H3. The number of carbonyl (C=O) groups excluding carboxylic acids is 1. The summed E-state index contributed by atoms with van der Waals surface area (Å²) in [5.74, 6) is -0.113. The fourth-order valence-electron chi connectivity index (χ4n) is 3.35. The van der Waals surface area contributed by atoms with Crippen LogP contribution in [-0.4, -0.2) is 39.9 Å². The lowest BCUT2D eigenvalue weighted by Crippen LogP contribution is -2.38. The molecule has 3 aromatic rings. The number of ether oxygens (including phenoxy) is 1. The van der Waals surface area contributed by atoms with E-state index < -0.39 is 0 Å². The Morgan fingerprint density at radius 3 is 3.00 bits per heavy atom. The average Bonchev–Trinajstić information content (AvgIpc) is 3.42. The minimum atomic E-state index is -0.113. The molecule has 142 valence electrons. The highest BCUT2D eigenvalue weighted by Crippen LogP contribution is 2.36. The highest BCUT2D eigenvalue weighted by Gasteiger charge is 2.29. The minimum Gasteiger partial charge on any atom is -0.376 e. The van der Waals surface area contributed by atoms with Crippen LogP contribution < -0.4 is 4.90 Å². The van der Waals surface area contributed by atoms with Gasteiger partial charge in [0, 0.05) is 19.3 Å². The molecule has 1 aliphatic heterocycles. The summed E-state index contributed by atoms with van der Waals surface area (Å²) in [6, 6.07) is 5.58. The maximum absolute atomic E-state index is 13.4. The first-order valence-corrected chi connectivity index (χ1v) is 10.3. The predicted molar refractivity (Wildman–Crippen MR) is 108 cm³/mol. The van der Waals surface area contributed by atoms with E-state index in [1.807, 2.05) is 26.0 Å². The number of benzene rings is 1. The number of nitrogens with zero attached hydrogens (tertiary/aromatic N) is 4. The van der Waals surface area contributed by atoms with Gasteiger partial charge in [0.25, 0.3) is 5.91 Å². The van der Waals surface area contributed by atoms with E-state index in [1.54, 1.807) is 21.8 Å². The van der Waals surface area contributed by atoms with Crippen molar-refractivity contribution in [3.8, 4) is 0 Å². The van der Waals surface area contributed by atoms with E-state index in [9.17, 15) is 4.79 Å². The molecule has 8 heteroatoms. The van der Waals surface area contributed by atoms with Crippen molar-refractivity contribution >= 4 is 44.2 Å². The van der Waals surface area contributed by atoms with Crippen LogP contribution in [0.25, 0.3) is 10.2 Å². The Hall–Kier alpha value is -1.96. The van der Waals surface area contributed by atoms with E-state index in [0.29, 0.717) is 28.9 Å². The Labute approximate surface area is 166 Å². The van der Waals surface area contributed by atoms with E-state index in [1.165, 1.54) is 11.3 Å². The summed E-state index contributed by atoms with van der Waals surface area (Å²) >= 11 is 7.82. The Morgan fingerprint density at radius 1 is 1.44 bits per heavy atom. The molecule has 0 aliphatic carbocycles. The smallest absolute Gasteiger partial charge is 0.278 e. The summed E-state index contributed by atoms with van der Waals surface area (Å²) in [5, 5.41) is 5.53. The van der Waals surface area contributed by atoms with Crippen molar-refractivity contribution in [2.75, 3.05) is 18.1 Å². The van der Waals surface area contributed by atoms with Crippen LogP contribution >= 0.6 is 22.9 Å². The number of rotatable bonds is 5. The molecular weight excluding hydrogens is 384 g/mol. The molecule has 1 saturated heterocycles. The fourth-order valence-corrected chi connectivity index (χ4v) is 4.67. The molecular formula is C19H21ClN4O2S. The molecule has 2 aromatic heterocycles. The van der Waals surface area contributed by atoms with Crippen molar-refractivity contribution in [3.05, 3.63) is 40.7 Å². The molecule has 1 fully saturated rings. The van der Waals surface area contributed by atoms with Gasteiger partial charge in [-0.2, -0.15) is 5.10 Å². The normalized spacial score (nSPS) is 16.9. The van der Waals surface area contributed by atoms with Crippen LogP contribution in [0.15, 0.2) is 24.4 Å². The third-order valence-corrected chi connectivity index (χ3v) is 6.35. The molecule has 1 aromatic carbocycles. The van der Waals surface area contributed by atoms with Crippen LogP contribution in [0.3, 0.4) is 0 Å². The number of anilines is 1. The van der Waals surface area contributed by atoms with Gasteiger partial charge in [0.2, 0.25) is 0 Å². The van der Waals surface area contributed by atoms with Crippen LogP contribution in [0, 0.1) is 6.92 Å². The minimum absolute atomic E-state index is 0.0236. The fraction of sp³-hybridized carbons (Fsp3) is 0.421. The largest absolute Gasteiger partial charge is 0.376 e. The first-order chi connectivity index (χ1) is 13.1. The maximum atomic E-state index is 13.4. The number of aromatic nitrogens is 3. The van der Waals surface area contributed by atoms with Crippen molar-refractivity contribution in [2.24, 2.45) is 0 Å². The van der Waals surface area contributed by atoms with Gasteiger partial charge in [0.1, 0.15) is 5.69 Å². The molecule has 0 spiro atoms. The van der Waals surface area contributed by atoms with Crippen LogP contribution in [-0.2, 0) is 11.3 Å². The van der Waals surface area contributed by atoms with Gasteiger partial charge in [-0.1, -0.05) is 29.0 Å². The molecule has 1 unspecified atom stereocenters. The van der Waals surface area contributed by atoms with Gasteiger partial charge < -0.3 is 4.74 Å². The highest BCUT2D eigenvalue weighted by atomic mass is 35.5. The number of fused-ring (bicyclic) bond motifs is 1. The average molecular weight is 405 g/mol. The van der Waals surface area contributed by atoms with E-state index >= 15 is 0 Å². The van der Waals surface area contributed by atoms with Gasteiger partial charge in [-0.05, 0) is 44.4 Å². The number of carbonyl (C=O) groups is 1. The summed E-state index contributed by atoms with van der Waals surface area (Å²) in [6.07, 6.45) is 3.64. The van der Waals surface area contributed by atoms with Gasteiger partial charge in [-0.25, -0.2) is 4.98 Å². The number of hydrogen-bond donors (Lipinski definition) is 0. The van der Waals surface area contributed by atoms with Gasteiger partial charge in [0.05, 0.1) is 27.9 Å². The molecule has 0 radical (unpaired) electrons. The Balaban J connectivity index is 1.77. The molecule has 1 amide bonds. The zero-order valence-corrected chi connectivity index (χ0v) is 16.9. The second-order valence-electron chi connectivity index (χ2n) is 6.62. The predicted octanol–water partition coefficient (Wildman–Crippen LogP) is 4.30. The first-order valence-electron chi connectivity index (χ1n) is 9.09. The van der Waals surface area contributed by atoms with Crippen LogP contribution in [0.4, 0.5) is 5.13 Å². The molecule has 1 atom stereocenters. The first kappa shape index (κ1) is 18.4. The topological polar surface area (TPSA) is 60.2 Å². The van der Waals surface area contributed by atoms with Gasteiger partial charge >= 0.3 is 0 Å². The van der Waals surface area contributed by atoms with E-state index in [2.05, 4.69) is 5.10 Å². The van der Waals surface area contributed by atoms with Crippen molar-refractivity contribution in [1.29, 1.82) is 0 Å². The van der Waals surface area contributed by atoms with Gasteiger partial charge in [0.15, 0.2) is 5.13 Å². The molecule has 1 aliphatic rings. The molecule has 4 rings (SSSR count). The highest BCUT2D eigenvalue weighted by molar-refractivity contribution is 7.23. The Morgan fingerprint density at radius 2 is 2.30 bits per heavy atom. The van der Waals surface area contributed by atoms with Gasteiger partial charge in [-0.15, -0.1) is 0 Å². The van der Waals surface area contributed by atoms with Crippen LogP contribution in [0.5, 0.6) is 0 Å². The third kappa shape index (κ3) is 3.47. The third-order valence-electron chi connectivity index (χ3n) is 4.81. The molecule has 0 N–H and O–H groups in total. The van der Waals surface area contributed by atoms with E-state index in [4.69, 9.17) is 21.3 Å². The molecule has 27 heavy (non-hydrogen) atoms. The quantitative estimate of drug-likeness (QED) is 0.636. The Bertz CT molecular complexity index is 938.